The summed E-state index contributed by atoms with van der Waals surface area (Å²) in [5.74, 6) is 1.32. The van der Waals surface area contributed by atoms with Gasteiger partial charge < -0.3 is 10.4 Å². The quantitative estimate of drug-likeness (QED) is 0.774. The summed E-state index contributed by atoms with van der Waals surface area (Å²) in [6, 6.07) is 9.78. The van der Waals surface area contributed by atoms with Crippen LogP contribution in [0.5, 0.6) is 0 Å². The highest BCUT2D eigenvalue weighted by atomic mass is 16.3. The fourth-order valence-corrected chi connectivity index (χ4v) is 1.48. The molecule has 1 rings (SSSR count). The molecule has 2 nitrogen and oxygen atoms in total. The molecular weight excluding hydrogens is 198 g/mol. The molecule has 2 heteroatoms. The first-order chi connectivity index (χ1) is 7.61. The van der Waals surface area contributed by atoms with E-state index in [4.69, 9.17) is 0 Å². The fourth-order valence-electron chi connectivity index (χ4n) is 1.48. The lowest BCUT2D eigenvalue weighted by molar-refractivity contribution is 0.171. The van der Waals surface area contributed by atoms with Gasteiger partial charge in [-0.15, -0.1) is 0 Å². The Balaban J connectivity index is 2.28. The molecule has 0 saturated carbocycles. The molecule has 2 atom stereocenters. The number of aliphatic hydroxyl groups is 1. The van der Waals surface area contributed by atoms with Crippen LogP contribution in [0.15, 0.2) is 30.3 Å². The van der Waals surface area contributed by atoms with Crippen LogP contribution in [0.25, 0.3) is 0 Å². The molecule has 90 valence electrons. The molecule has 0 amide bonds. The van der Waals surface area contributed by atoms with E-state index in [0.717, 1.165) is 12.1 Å². The van der Waals surface area contributed by atoms with E-state index in [-0.39, 0.29) is 0 Å². The summed E-state index contributed by atoms with van der Waals surface area (Å²) in [7, 11) is 0. The maximum atomic E-state index is 9.91. The Morgan fingerprint density at radius 2 is 1.69 bits per heavy atom. The van der Waals surface area contributed by atoms with Gasteiger partial charge >= 0.3 is 0 Å². The van der Waals surface area contributed by atoms with Crippen LogP contribution >= 0.6 is 0 Å². The molecular formula is C14H23NO. The Hall–Kier alpha value is -0.860. The lowest BCUT2D eigenvalue weighted by Crippen LogP contribution is -2.28. The second-order valence-electron chi connectivity index (χ2n) is 4.81. The van der Waals surface area contributed by atoms with E-state index >= 15 is 0 Å². The Kier molecular flexibility index (Phi) is 5.50. The molecule has 2 unspecified atom stereocenters. The zero-order chi connectivity index (χ0) is 12.0. The average molecular weight is 221 g/mol. The number of nitrogens with one attached hydrogen (secondary N) is 1. The van der Waals surface area contributed by atoms with Gasteiger partial charge in [0.25, 0.3) is 0 Å². The van der Waals surface area contributed by atoms with E-state index in [1.165, 1.54) is 0 Å². The average Bonchev–Trinajstić information content (AvgIpc) is 2.29. The number of benzene rings is 1. The van der Waals surface area contributed by atoms with Gasteiger partial charge in [0.1, 0.15) is 0 Å². The molecule has 1 aromatic rings. The van der Waals surface area contributed by atoms with Gasteiger partial charge in [-0.25, -0.2) is 0 Å². The van der Waals surface area contributed by atoms with Crippen molar-refractivity contribution in [2.24, 2.45) is 11.8 Å². The third kappa shape index (κ3) is 4.33. The highest BCUT2D eigenvalue weighted by molar-refractivity contribution is 5.17. The first-order valence-electron chi connectivity index (χ1n) is 6.05. The fraction of sp³-hybridized carbons (Fsp3) is 0.571. The monoisotopic (exact) mass is 221 g/mol. The van der Waals surface area contributed by atoms with Gasteiger partial charge in [0, 0.05) is 6.54 Å². The van der Waals surface area contributed by atoms with Crippen molar-refractivity contribution in [1.82, 2.24) is 5.32 Å². The molecule has 0 heterocycles. The van der Waals surface area contributed by atoms with Crippen LogP contribution in [0.4, 0.5) is 0 Å². The van der Waals surface area contributed by atoms with Crippen molar-refractivity contribution in [2.45, 2.75) is 26.9 Å². The smallest absolute Gasteiger partial charge is 0.0914 e. The number of hydrogen-bond donors (Lipinski definition) is 2. The maximum Gasteiger partial charge on any atom is 0.0914 e. The largest absolute Gasteiger partial charge is 0.387 e. The van der Waals surface area contributed by atoms with E-state index in [1.807, 2.05) is 30.3 Å². The third-order valence-electron chi connectivity index (χ3n) is 3.13. The van der Waals surface area contributed by atoms with Crippen LogP contribution in [0, 0.1) is 11.8 Å². The first kappa shape index (κ1) is 13.2. The van der Waals surface area contributed by atoms with Crippen molar-refractivity contribution in [2.75, 3.05) is 13.1 Å². The molecule has 0 aliphatic carbocycles. The predicted octanol–water partition coefficient (Wildman–Crippen LogP) is 2.60. The summed E-state index contributed by atoms with van der Waals surface area (Å²) in [6.07, 6.45) is -0.402. The molecule has 0 radical (unpaired) electrons. The summed E-state index contributed by atoms with van der Waals surface area (Å²) in [6.45, 7) is 8.26. The minimum Gasteiger partial charge on any atom is -0.387 e. The highest BCUT2D eigenvalue weighted by Crippen LogP contribution is 2.12. The van der Waals surface area contributed by atoms with E-state index in [2.05, 4.69) is 26.1 Å². The molecule has 2 N–H and O–H groups in total. The van der Waals surface area contributed by atoms with E-state index in [9.17, 15) is 5.11 Å². The second kappa shape index (κ2) is 6.66. The van der Waals surface area contributed by atoms with E-state index in [0.29, 0.717) is 18.4 Å². The number of rotatable bonds is 6. The van der Waals surface area contributed by atoms with Gasteiger partial charge in [0.05, 0.1) is 6.10 Å². The minimum absolute atomic E-state index is 0.402. The van der Waals surface area contributed by atoms with Crippen molar-refractivity contribution >= 4 is 0 Å². The van der Waals surface area contributed by atoms with Crippen LogP contribution in [0.3, 0.4) is 0 Å². The summed E-state index contributed by atoms with van der Waals surface area (Å²) < 4.78 is 0. The topological polar surface area (TPSA) is 32.3 Å². The van der Waals surface area contributed by atoms with Gasteiger partial charge in [0.2, 0.25) is 0 Å². The maximum absolute atomic E-state index is 9.91. The van der Waals surface area contributed by atoms with Crippen molar-refractivity contribution in [1.29, 1.82) is 0 Å². The molecule has 0 bridgehead atoms. The molecule has 0 aliphatic heterocycles. The van der Waals surface area contributed by atoms with Crippen molar-refractivity contribution in [3.63, 3.8) is 0 Å². The summed E-state index contributed by atoms with van der Waals surface area (Å²) in [5.41, 5.74) is 0.979. The third-order valence-corrected chi connectivity index (χ3v) is 3.13. The van der Waals surface area contributed by atoms with Crippen molar-refractivity contribution in [3.05, 3.63) is 35.9 Å². The predicted molar refractivity (Wildman–Crippen MR) is 68.3 cm³/mol. The van der Waals surface area contributed by atoms with Crippen LogP contribution in [-0.4, -0.2) is 18.2 Å². The molecule has 0 spiro atoms. The van der Waals surface area contributed by atoms with Gasteiger partial charge in [-0.3, -0.25) is 0 Å². The van der Waals surface area contributed by atoms with Crippen molar-refractivity contribution < 1.29 is 5.11 Å². The number of hydrogen-bond acceptors (Lipinski definition) is 2. The Labute approximate surface area is 98.7 Å². The Bertz CT molecular complexity index is 284. The van der Waals surface area contributed by atoms with Crippen molar-refractivity contribution in [3.8, 4) is 0 Å². The molecule has 16 heavy (non-hydrogen) atoms. The lowest BCUT2D eigenvalue weighted by Gasteiger charge is -2.18. The minimum atomic E-state index is -0.402. The molecule has 1 aromatic carbocycles. The second-order valence-corrected chi connectivity index (χ2v) is 4.81. The van der Waals surface area contributed by atoms with Gasteiger partial charge in [-0.1, -0.05) is 51.1 Å². The molecule has 0 fully saturated rings. The van der Waals surface area contributed by atoms with E-state index in [1.54, 1.807) is 0 Å². The summed E-state index contributed by atoms with van der Waals surface area (Å²) in [5, 5.41) is 13.2. The van der Waals surface area contributed by atoms with Crippen LogP contribution in [-0.2, 0) is 0 Å². The molecule has 0 aliphatic rings. The van der Waals surface area contributed by atoms with Crippen LogP contribution in [0.1, 0.15) is 32.4 Å². The summed E-state index contributed by atoms with van der Waals surface area (Å²) in [4.78, 5) is 0. The molecule has 0 saturated heterocycles. The van der Waals surface area contributed by atoms with E-state index < -0.39 is 6.10 Å². The first-order valence-corrected chi connectivity index (χ1v) is 6.05. The number of aliphatic hydroxyl groups excluding tert-OH is 1. The molecule has 0 aromatic heterocycles. The highest BCUT2D eigenvalue weighted by Gasteiger charge is 2.09. The standard InChI is InChI=1S/C14H23NO/c1-11(2)12(3)9-15-10-14(16)13-7-5-4-6-8-13/h4-8,11-12,14-16H,9-10H2,1-3H3. The van der Waals surface area contributed by atoms with Gasteiger partial charge in [0.15, 0.2) is 0 Å². The zero-order valence-electron chi connectivity index (χ0n) is 10.5. The van der Waals surface area contributed by atoms with Gasteiger partial charge in [-0.05, 0) is 23.9 Å². The summed E-state index contributed by atoms with van der Waals surface area (Å²) >= 11 is 0. The Morgan fingerprint density at radius 3 is 2.25 bits per heavy atom. The van der Waals surface area contributed by atoms with Crippen LogP contribution < -0.4 is 5.32 Å². The van der Waals surface area contributed by atoms with Gasteiger partial charge in [-0.2, -0.15) is 0 Å². The SMILES string of the molecule is CC(C)C(C)CNCC(O)c1ccccc1. The van der Waals surface area contributed by atoms with Crippen LogP contribution in [0.2, 0.25) is 0 Å². The lowest BCUT2D eigenvalue weighted by atomic mass is 9.98. The zero-order valence-corrected chi connectivity index (χ0v) is 10.5. The normalized spacial score (nSPS) is 15.1. The Morgan fingerprint density at radius 1 is 1.06 bits per heavy atom.